The molecule has 0 aliphatic rings. The summed E-state index contributed by atoms with van der Waals surface area (Å²) in [5.41, 5.74) is 0.507. The zero-order chi connectivity index (χ0) is 20.5. The van der Waals surface area contributed by atoms with Gasteiger partial charge in [0.2, 0.25) is 11.9 Å². The van der Waals surface area contributed by atoms with Gasteiger partial charge >= 0.3 is 6.18 Å². The molecule has 0 radical (unpaired) electrons. The molecule has 1 amide bonds. The second kappa shape index (κ2) is 7.38. The summed E-state index contributed by atoms with van der Waals surface area (Å²) in [5, 5.41) is 2.49. The van der Waals surface area contributed by atoms with E-state index in [1.54, 1.807) is 13.0 Å². The number of nitrogens with one attached hydrogen (secondary N) is 1. The van der Waals surface area contributed by atoms with Crippen molar-refractivity contribution in [2.75, 3.05) is 5.32 Å². The third kappa shape index (κ3) is 4.33. The highest BCUT2D eigenvalue weighted by Crippen LogP contribution is 2.30. The number of hydrogen-bond donors (Lipinski definition) is 1. The van der Waals surface area contributed by atoms with Gasteiger partial charge in [0.05, 0.1) is 5.56 Å². The molecule has 0 aliphatic heterocycles. The van der Waals surface area contributed by atoms with Crippen molar-refractivity contribution in [1.82, 2.24) is 4.98 Å². The second-order valence-corrected chi connectivity index (χ2v) is 6.06. The van der Waals surface area contributed by atoms with Crippen molar-refractivity contribution in [2.24, 2.45) is 0 Å². The number of rotatable bonds is 3. The van der Waals surface area contributed by atoms with E-state index in [2.05, 4.69) is 10.3 Å². The van der Waals surface area contributed by atoms with Gasteiger partial charge in [0.25, 0.3) is 5.91 Å². The molecule has 1 heterocycles. The Morgan fingerprint density at radius 1 is 0.964 bits per heavy atom. The minimum atomic E-state index is -4.57. The fraction of sp³-hybridized carbons (Fsp3) is 0.100. The fourth-order valence-electron chi connectivity index (χ4n) is 2.67. The van der Waals surface area contributed by atoms with Gasteiger partial charge in [-0.25, -0.2) is 0 Å². The minimum absolute atomic E-state index is 0.169. The topological polar surface area (TPSA) is 42.0 Å². The number of pyridine rings is 1. The molecule has 0 unspecified atom stereocenters. The molecule has 28 heavy (non-hydrogen) atoms. The number of carbonyl (C=O) groups excluding carboxylic acids is 1. The lowest BCUT2D eigenvalue weighted by atomic mass is 10.0. The number of benzene rings is 2. The van der Waals surface area contributed by atoms with Gasteiger partial charge in [-0.05, 0) is 53.9 Å². The summed E-state index contributed by atoms with van der Waals surface area (Å²) in [4.78, 5) is 15.4. The zero-order valence-electron chi connectivity index (χ0n) is 14.4. The van der Waals surface area contributed by atoms with Crippen LogP contribution in [0.4, 0.5) is 27.6 Å². The SMILES string of the molecule is Cc1ccc(NC(=O)c2cccc(C(F)(F)F)c2)cc1-c1cc(F)nc(F)c1. The maximum atomic E-state index is 13.4. The lowest BCUT2D eigenvalue weighted by Gasteiger charge is -2.12. The first-order chi connectivity index (χ1) is 13.1. The molecule has 0 saturated carbocycles. The summed E-state index contributed by atoms with van der Waals surface area (Å²) >= 11 is 0. The molecule has 8 heteroatoms. The maximum absolute atomic E-state index is 13.4. The molecule has 0 fully saturated rings. The Kier molecular flexibility index (Phi) is 5.13. The van der Waals surface area contributed by atoms with E-state index in [1.165, 1.54) is 18.2 Å². The van der Waals surface area contributed by atoms with Crippen molar-refractivity contribution in [3.8, 4) is 11.1 Å². The van der Waals surface area contributed by atoms with Crippen LogP contribution >= 0.6 is 0 Å². The minimum Gasteiger partial charge on any atom is -0.322 e. The van der Waals surface area contributed by atoms with Crippen LogP contribution in [0.2, 0.25) is 0 Å². The standard InChI is InChI=1S/C20H13F5N2O/c1-11-5-6-15(10-16(11)13-8-17(21)27-18(22)9-13)26-19(28)12-3-2-4-14(7-12)20(23,24)25/h2-10H,1H3,(H,26,28). The van der Waals surface area contributed by atoms with Gasteiger partial charge in [-0.2, -0.15) is 26.9 Å². The Labute approximate surface area is 156 Å². The Hall–Kier alpha value is -3.29. The molecule has 1 aromatic heterocycles. The number of hydrogen-bond acceptors (Lipinski definition) is 2. The molecule has 3 nitrogen and oxygen atoms in total. The highest BCUT2D eigenvalue weighted by Gasteiger charge is 2.30. The van der Waals surface area contributed by atoms with E-state index in [4.69, 9.17) is 0 Å². The third-order valence-electron chi connectivity index (χ3n) is 4.02. The Bertz CT molecular complexity index is 1030. The number of aromatic nitrogens is 1. The number of nitrogens with zero attached hydrogens (tertiary/aromatic N) is 1. The number of anilines is 1. The van der Waals surface area contributed by atoms with Gasteiger partial charge in [-0.3, -0.25) is 4.79 Å². The van der Waals surface area contributed by atoms with Gasteiger partial charge < -0.3 is 5.32 Å². The fourth-order valence-corrected chi connectivity index (χ4v) is 2.67. The van der Waals surface area contributed by atoms with Crippen LogP contribution in [-0.2, 0) is 6.18 Å². The monoisotopic (exact) mass is 392 g/mol. The molecule has 0 atom stereocenters. The molecule has 3 rings (SSSR count). The van der Waals surface area contributed by atoms with Crippen LogP contribution in [-0.4, -0.2) is 10.9 Å². The van der Waals surface area contributed by atoms with E-state index in [-0.39, 0.29) is 16.8 Å². The van der Waals surface area contributed by atoms with Gasteiger partial charge in [-0.15, -0.1) is 0 Å². The molecule has 3 aromatic rings. The molecule has 0 bridgehead atoms. The average Bonchev–Trinajstić information content (AvgIpc) is 2.62. The highest BCUT2D eigenvalue weighted by molar-refractivity contribution is 6.04. The molecule has 144 valence electrons. The highest BCUT2D eigenvalue weighted by atomic mass is 19.4. The van der Waals surface area contributed by atoms with Crippen molar-refractivity contribution in [3.05, 3.63) is 83.2 Å². The number of carbonyl (C=O) groups is 1. The first kappa shape index (κ1) is 19.5. The summed E-state index contributed by atoms with van der Waals surface area (Å²) in [6.45, 7) is 1.71. The second-order valence-electron chi connectivity index (χ2n) is 6.06. The first-order valence-electron chi connectivity index (χ1n) is 8.06. The molecular weight excluding hydrogens is 379 g/mol. The van der Waals surface area contributed by atoms with Crippen molar-refractivity contribution in [2.45, 2.75) is 13.1 Å². The van der Waals surface area contributed by atoms with Crippen LogP contribution in [0.3, 0.4) is 0 Å². The molecule has 0 aliphatic carbocycles. The number of alkyl halides is 3. The average molecular weight is 392 g/mol. The van der Waals surface area contributed by atoms with E-state index in [1.807, 2.05) is 0 Å². The van der Waals surface area contributed by atoms with Crippen molar-refractivity contribution < 1.29 is 26.7 Å². The number of amides is 1. The van der Waals surface area contributed by atoms with Gasteiger partial charge in [0.15, 0.2) is 0 Å². The van der Waals surface area contributed by atoms with Gasteiger partial charge in [-0.1, -0.05) is 12.1 Å². The van der Waals surface area contributed by atoms with Crippen LogP contribution in [0, 0.1) is 18.8 Å². The summed E-state index contributed by atoms with van der Waals surface area (Å²) in [7, 11) is 0. The molecule has 0 saturated heterocycles. The Morgan fingerprint density at radius 3 is 2.29 bits per heavy atom. The number of aryl methyl sites for hydroxylation is 1. The van der Waals surface area contributed by atoms with Crippen molar-refractivity contribution in [1.29, 1.82) is 0 Å². The van der Waals surface area contributed by atoms with Crippen LogP contribution in [0.1, 0.15) is 21.5 Å². The normalized spacial score (nSPS) is 11.4. The van der Waals surface area contributed by atoms with E-state index in [0.717, 1.165) is 30.3 Å². The Balaban J connectivity index is 1.90. The quantitative estimate of drug-likeness (QED) is 0.465. The van der Waals surface area contributed by atoms with E-state index < -0.39 is 29.5 Å². The predicted octanol–water partition coefficient (Wildman–Crippen LogP) is 5.61. The maximum Gasteiger partial charge on any atom is 0.416 e. The predicted molar refractivity (Wildman–Crippen MR) is 93.7 cm³/mol. The molecule has 1 N–H and O–H groups in total. The largest absolute Gasteiger partial charge is 0.416 e. The van der Waals surface area contributed by atoms with Gasteiger partial charge in [0, 0.05) is 23.4 Å². The van der Waals surface area contributed by atoms with Crippen LogP contribution < -0.4 is 5.32 Å². The first-order valence-corrected chi connectivity index (χ1v) is 8.06. The summed E-state index contributed by atoms with van der Waals surface area (Å²) in [6, 6.07) is 10.7. The molecular formula is C20H13F5N2O. The lowest BCUT2D eigenvalue weighted by molar-refractivity contribution is -0.137. The van der Waals surface area contributed by atoms with Crippen LogP contribution in [0.5, 0.6) is 0 Å². The smallest absolute Gasteiger partial charge is 0.322 e. The van der Waals surface area contributed by atoms with E-state index in [0.29, 0.717) is 11.1 Å². The zero-order valence-corrected chi connectivity index (χ0v) is 14.4. The molecule has 2 aromatic carbocycles. The van der Waals surface area contributed by atoms with Crippen molar-refractivity contribution in [3.63, 3.8) is 0 Å². The van der Waals surface area contributed by atoms with E-state index >= 15 is 0 Å². The lowest BCUT2D eigenvalue weighted by Crippen LogP contribution is -2.14. The van der Waals surface area contributed by atoms with Crippen molar-refractivity contribution >= 4 is 11.6 Å². The molecule has 0 spiro atoms. The summed E-state index contributed by atoms with van der Waals surface area (Å²) in [5.74, 6) is -2.73. The van der Waals surface area contributed by atoms with E-state index in [9.17, 15) is 26.7 Å². The number of halogens is 5. The van der Waals surface area contributed by atoms with Gasteiger partial charge in [0.1, 0.15) is 0 Å². The Morgan fingerprint density at radius 2 is 1.64 bits per heavy atom. The summed E-state index contributed by atoms with van der Waals surface area (Å²) < 4.78 is 65.2. The summed E-state index contributed by atoms with van der Waals surface area (Å²) in [6.07, 6.45) is -4.57. The van der Waals surface area contributed by atoms with Crippen LogP contribution in [0.25, 0.3) is 11.1 Å². The third-order valence-corrected chi connectivity index (χ3v) is 4.02. The van der Waals surface area contributed by atoms with Crippen LogP contribution in [0.15, 0.2) is 54.6 Å².